The van der Waals surface area contributed by atoms with Gasteiger partial charge < -0.3 is 15.5 Å². The minimum absolute atomic E-state index is 0.0614. The first-order valence-corrected chi connectivity index (χ1v) is 7.26. The Hall–Kier alpha value is -1.53. The van der Waals surface area contributed by atoms with Gasteiger partial charge in [0.2, 0.25) is 5.91 Å². The zero-order chi connectivity index (χ0) is 15.0. The van der Waals surface area contributed by atoms with Crippen molar-refractivity contribution >= 4 is 23.6 Å². The summed E-state index contributed by atoms with van der Waals surface area (Å²) in [6.45, 7) is 1.33. The number of rotatable bonds is 8. The molecule has 0 radical (unpaired) electrons. The van der Waals surface area contributed by atoms with Crippen molar-refractivity contribution in [3.05, 3.63) is 30.3 Å². The third-order valence-corrected chi connectivity index (χ3v) is 3.55. The summed E-state index contributed by atoms with van der Waals surface area (Å²) in [5.74, 6) is -0.653. The average Bonchev–Trinajstić information content (AvgIpc) is 2.36. The van der Waals surface area contributed by atoms with Crippen molar-refractivity contribution in [2.75, 3.05) is 12.3 Å². The number of carbonyl (C=O) groups is 2. The number of thioether (sulfide) groups is 1. The molecule has 5 nitrogen and oxygen atoms in total. The van der Waals surface area contributed by atoms with E-state index in [-0.39, 0.29) is 12.5 Å². The minimum Gasteiger partial charge on any atom is -0.481 e. The predicted molar refractivity (Wildman–Crippen MR) is 77.7 cm³/mol. The Morgan fingerprint density at radius 1 is 1.30 bits per heavy atom. The normalized spacial score (nSPS) is 13.5. The van der Waals surface area contributed by atoms with Gasteiger partial charge >= 0.3 is 5.97 Å². The van der Waals surface area contributed by atoms with Crippen LogP contribution in [0.25, 0.3) is 0 Å². The van der Waals surface area contributed by atoms with Crippen LogP contribution in [-0.2, 0) is 9.59 Å². The van der Waals surface area contributed by atoms with Crippen LogP contribution in [0.1, 0.15) is 19.8 Å². The zero-order valence-electron chi connectivity index (χ0n) is 11.3. The van der Waals surface area contributed by atoms with Crippen LogP contribution in [0, 0.1) is 0 Å². The molecule has 0 aliphatic carbocycles. The topological polar surface area (TPSA) is 86.6 Å². The Kier molecular flexibility index (Phi) is 6.54. The molecule has 0 spiro atoms. The van der Waals surface area contributed by atoms with E-state index in [1.807, 2.05) is 30.3 Å². The lowest BCUT2D eigenvalue weighted by Gasteiger charge is -2.21. The summed E-state index contributed by atoms with van der Waals surface area (Å²) in [7, 11) is 0. The molecular weight excluding hydrogens is 278 g/mol. The van der Waals surface area contributed by atoms with Crippen LogP contribution in [0.3, 0.4) is 0 Å². The van der Waals surface area contributed by atoms with Gasteiger partial charge in [0.1, 0.15) is 0 Å². The van der Waals surface area contributed by atoms with Crippen molar-refractivity contribution in [3.8, 4) is 0 Å². The molecule has 0 saturated carbocycles. The van der Waals surface area contributed by atoms with Gasteiger partial charge in [0.05, 0.1) is 12.0 Å². The van der Waals surface area contributed by atoms with Gasteiger partial charge in [-0.25, -0.2) is 0 Å². The molecule has 1 aromatic rings. The summed E-state index contributed by atoms with van der Waals surface area (Å²) in [5, 5.41) is 20.9. The number of aliphatic hydroxyl groups is 1. The third-order valence-electron chi connectivity index (χ3n) is 2.54. The fourth-order valence-corrected chi connectivity index (χ4v) is 2.42. The number of aliphatic carboxylic acids is 1. The summed E-state index contributed by atoms with van der Waals surface area (Å²) in [6.07, 6.45) is -0.0746. The van der Waals surface area contributed by atoms with Crippen molar-refractivity contribution in [1.82, 2.24) is 5.32 Å². The highest BCUT2D eigenvalue weighted by Crippen LogP contribution is 2.17. The molecule has 1 atom stereocenters. The maximum Gasteiger partial charge on any atom is 0.306 e. The molecule has 110 valence electrons. The van der Waals surface area contributed by atoms with Crippen molar-refractivity contribution in [3.63, 3.8) is 0 Å². The van der Waals surface area contributed by atoms with Crippen molar-refractivity contribution < 1.29 is 19.8 Å². The molecule has 1 unspecified atom stereocenters. The molecule has 0 aliphatic heterocycles. The fourth-order valence-electron chi connectivity index (χ4n) is 1.54. The van der Waals surface area contributed by atoms with E-state index in [1.165, 1.54) is 6.92 Å². The van der Waals surface area contributed by atoms with Gasteiger partial charge in [0, 0.05) is 23.6 Å². The van der Waals surface area contributed by atoms with E-state index in [1.54, 1.807) is 11.8 Å². The van der Waals surface area contributed by atoms with E-state index >= 15 is 0 Å². The van der Waals surface area contributed by atoms with E-state index in [2.05, 4.69) is 5.32 Å². The molecule has 1 rings (SSSR count). The lowest BCUT2D eigenvalue weighted by molar-refractivity contribution is -0.142. The lowest BCUT2D eigenvalue weighted by atomic mass is 10.0. The van der Waals surface area contributed by atoms with Gasteiger partial charge in [-0.15, -0.1) is 11.8 Å². The highest BCUT2D eigenvalue weighted by molar-refractivity contribution is 7.99. The number of hydrogen-bond acceptors (Lipinski definition) is 4. The van der Waals surface area contributed by atoms with Crippen molar-refractivity contribution in [1.29, 1.82) is 0 Å². The second-order valence-electron chi connectivity index (χ2n) is 4.76. The number of nitrogens with one attached hydrogen (secondary N) is 1. The van der Waals surface area contributed by atoms with Gasteiger partial charge in [-0.3, -0.25) is 9.59 Å². The maximum atomic E-state index is 11.6. The number of carbonyl (C=O) groups excluding carboxylic acids is 1. The van der Waals surface area contributed by atoms with E-state index < -0.39 is 18.0 Å². The van der Waals surface area contributed by atoms with Crippen LogP contribution in [0.5, 0.6) is 0 Å². The van der Waals surface area contributed by atoms with Crippen LogP contribution in [0.15, 0.2) is 35.2 Å². The van der Waals surface area contributed by atoms with Crippen LogP contribution in [0.2, 0.25) is 0 Å². The second kappa shape index (κ2) is 7.91. The average molecular weight is 297 g/mol. The Labute approximate surface area is 122 Å². The largest absolute Gasteiger partial charge is 0.481 e. The SMILES string of the molecule is CC(O)(CNC(=O)CCSc1ccccc1)CC(=O)O. The molecular formula is C14H19NO4S. The fraction of sp³-hybridized carbons (Fsp3) is 0.429. The van der Waals surface area contributed by atoms with Crippen molar-refractivity contribution in [2.45, 2.75) is 30.3 Å². The molecule has 0 fully saturated rings. The molecule has 0 aromatic heterocycles. The summed E-state index contributed by atoms with van der Waals surface area (Å²) in [5.41, 5.74) is -1.42. The van der Waals surface area contributed by atoms with Crippen LogP contribution in [0.4, 0.5) is 0 Å². The number of carboxylic acid groups (broad SMARTS) is 1. The van der Waals surface area contributed by atoms with Crippen LogP contribution in [-0.4, -0.2) is 40.0 Å². The Bertz CT molecular complexity index is 448. The second-order valence-corrected chi connectivity index (χ2v) is 5.92. The van der Waals surface area contributed by atoms with E-state index in [0.717, 1.165) is 4.90 Å². The molecule has 3 N–H and O–H groups in total. The molecule has 20 heavy (non-hydrogen) atoms. The Morgan fingerprint density at radius 3 is 2.55 bits per heavy atom. The molecule has 1 amide bonds. The summed E-state index contributed by atoms with van der Waals surface area (Å²) >= 11 is 1.58. The zero-order valence-corrected chi connectivity index (χ0v) is 12.2. The number of amides is 1. The number of benzene rings is 1. The number of carboxylic acids is 1. The van der Waals surface area contributed by atoms with E-state index in [0.29, 0.717) is 12.2 Å². The van der Waals surface area contributed by atoms with Crippen LogP contribution >= 0.6 is 11.8 Å². The summed E-state index contributed by atoms with van der Waals surface area (Å²) < 4.78 is 0. The first kappa shape index (κ1) is 16.5. The first-order valence-electron chi connectivity index (χ1n) is 6.28. The minimum atomic E-state index is -1.42. The molecule has 0 heterocycles. The van der Waals surface area contributed by atoms with Crippen molar-refractivity contribution in [2.24, 2.45) is 0 Å². The Morgan fingerprint density at radius 2 is 1.95 bits per heavy atom. The van der Waals surface area contributed by atoms with E-state index in [9.17, 15) is 14.7 Å². The lowest BCUT2D eigenvalue weighted by Crippen LogP contribution is -2.42. The monoisotopic (exact) mass is 297 g/mol. The van der Waals surface area contributed by atoms with Gasteiger partial charge in [0.15, 0.2) is 0 Å². The molecule has 0 aliphatic rings. The van der Waals surface area contributed by atoms with Crippen LogP contribution < -0.4 is 5.32 Å². The standard InChI is InChI=1S/C14H19NO4S/c1-14(19,9-13(17)18)10-15-12(16)7-8-20-11-5-3-2-4-6-11/h2-6,19H,7-10H2,1H3,(H,15,16)(H,17,18). The van der Waals surface area contributed by atoms with Gasteiger partial charge in [-0.1, -0.05) is 18.2 Å². The van der Waals surface area contributed by atoms with Gasteiger partial charge in [0.25, 0.3) is 0 Å². The quantitative estimate of drug-likeness (QED) is 0.633. The van der Waals surface area contributed by atoms with Gasteiger partial charge in [-0.2, -0.15) is 0 Å². The summed E-state index contributed by atoms with van der Waals surface area (Å²) in [4.78, 5) is 23.2. The highest BCUT2D eigenvalue weighted by Gasteiger charge is 2.24. The molecule has 0 bridgehead atoms. The summed E-state index contributed by atoms with van der Waals surface area (Å²) in [6, 6.07) is 9.75. The molecule has 0 saturated heterocycles. The van der Waals surface area contributed by atoms with E-state index in [4.69, 9.17) is 5.11 Å². The maximum absolute atomic E-state index is 11.6. The Balaban J connectivity index is 2.22. The molecule has 1 aromatic carbocycles. The highest BCUT2D eigenvalue weighted by atomic mass is 32.2. The predicted octanol–water partition coefficient (Wildman–Crippen LogP) is 1.51. The third kappa shape index (κ3) is 7.16. The van der Waals surface area contributed by atoms with Gasteiger partial charge in [-0.05, 0) is 19.1 Å². The molecule has 6 heteroatoms. The smallest absolute Gasteiger partial charge is 0.306 e. The first-order chi connectivity index (χ1) is 9.39. The number of hydrogen-bond donors (Lipinski definition) is 3.